The number of carboxylic acids is 1. The van der Waals surface area contributed by atoms with Gasteiger partial charge in [0.05, 0.1) is 24.1 Å². The second-order valence-corrected chi connectivity index (χ2v) is 10.7. The number of halogens is 5. The summed E-state index contributed by atoms with van der Waals surface area (Å²) in [6, 6.07) is 7.20. The molecule has 5 nitrogen and oxygen atoms in total. The van der Waals surface area contributed by atoms with Crippen molar-refractivity contribution in [2.45, 2.75) is 51.1 Å². The van der Waals surface area contributed by atoms with E-state index in [0.29, 0.717) is 79.5 Å². The molecule has 1 saturated heterocycles. The van der Waals surface area contributed by atoms with Crippen molar-refractivity contribution in [3.8, 4) is 5.75 Å². The van der Waals surface area contributed by atoms with E-state index in [1.54, 1.807) is 18.2 Å². The van der Waals surface area contributed by atoms with Gasteiger partial charge in [-0.05, 0) is 99.5 Å². The standard InChI is InChI=1S/C29H31ClF4N2O3/c1-39-19-4-5-25-20(15-19)27(21(30)17-35-25)22(31)6-7-29(16-26(37)38)8-11-36(12-9-29)10-2-3-18-13-23(32)28(34)24(33)14-18/h4-5,13-15,17,22H,2-3,6-12,16H2,1H3,(H,37,38). The number of rotatable bonds is 11. The number of methoxy groups -OCH3 is 1. The van der Waals surface area contributed by atoms with Crippen LogP contribution in [0.5, 0.6) is 5.75 Å². The zero-order valence-electron chi connectivity index (χ0n) is 21.7. The third-order valence-electron chi connectivity index (χ3n) is 7.74. The fourth-order valence-electron chi connectivity index (χ4n) is 5.54. The average Bonchev–Trinajstić information content (AvgIpc) is 2.90. The molecule has 1 unspecified atom stereocenters. The number of pyridine rings is 1. The van der Waals surface area contributed by atoms with Gasteiger partial charge in [-0.25, -0.2) is 17.6 Å². The van der Waals surface area contributed by atoms with Gasteiger partial charge in [0.25, 0.3) is 0 Å². The number of alkyl halides is 1. The molecule has 3 aromatic rings. The number of piperidine rings is 1. The zero-order valence-corrected chi connectivity index (χ0v) is 22.4. The quantitative estimate of drug-likeness (QED) is 0.195. The maximum atomic E-state index is 15.7. The van der Waals surface area contributed by atoms with Crippen LogP contribution in [0.3, 0.4) is 0 Å². The highest BCUT2D eigenvalue weighted by atomic mass is 35.5. The van der Waals surface area contributed by atoms with Gasteiger partial charge in [-0.3, -0.25) is 9.78 Å². The SMILES string of the molecule is COc1ccc2ncc(Cl)c(C(F)CCC3(CC(=O)O)CCN(CCCc4cc(F)c(F)c(F)c4)CC3)c2c1. The zero-order chi connectivity index (χ0) is 28.2. The van der Waals surface area contributed by atoms with E-state index in [0.717, 1.165) is 12.1 Å². The fraction of sp³-hybridized carbons (Fsp3) is 0.448. The second kappa shape index (κ2) is 12.5. The van der Waals surface area contributed by atoms with Gasteiger partial charge in [0.15, 0.2) is 17.5 Å². The number of carboxylic acid groups (broad SMARTS) is 1. The van der Waals surface area contributed by atoms with Gasteiger partial charge in [0.1, 0.15) is 11.9 Å². The Balaban J connectivity index is 1.38. The Hall–Kier alpha value is -2.91. The van der Waals surface area contributed by atoms with Gasteiger partial charge in [0, 0.05) is 17.1 Å². The number of nitrogens with zero attached hydrogens (tertiary/aromatic N) is 2. The van der Waals surface area contributed by atoms with Gasteiger partial charge < -0.3 is 14.7 Å². The minimum Gasteiger partial charge on any atom is -0.497 e. The first-order chi connectivity index (χ1) is 18.6. The molecule has 1 N–H and O–H groups in total. The van der Waals surface area contributed by atoms with Crippen molar-refractivity contribution < 1.29 is 32.2 Å². The van der Waals surface area contributed by atoms with Crippen molar-refractivity contribution in [3.05, 3.63) is 70.1 Å². The van der Waals surface area contributed by atoms with Crippen LogP contribution in [0.4, 0.5) is 17.6 Å². The topological polar surface area (TPSA) is 62.7 Å². The molecule has 0 bridgehead atoms. The Morgan fingerprint density at radius 3 is 2.51 bits per heavy atom. The normalized spacial score (nSPS) is 16.4. The van der Waals surface area contributed by atoms with Gasteiger partial charge >= 0.3 is 5.97 Å². The Morgan fingerprint density at radius 2 is 1.87 bits per heavy atom. The smallest absolute Gasteiger partial charge is 0.303 e. The number of aryl methyl sites for hydroxylation is 1. The second-order valence-electron chi connectivity index (χ2n) is 10.3. The first-order valence-corrected chi connectivity index (χ1v) is 13.3. The molecule has 0 saturated carbocycles. The predicted octanol–water partition coefficient (Wildman–Crippen LogP) is 7.29. The molecule has 4 rings (SSSR count). The summed E-state index contributed by atoms with van der Waals surface area (Å²) in [6.07, 6.45) is 2.64. The summed E-state index contributed by atoms with van der Waals surface area (Å²) in [5, 5.41) is 10.4. The van der Waals surface area contributed by atoms with Crippen LogP contribution in [0, 0.1) is 22.9 Å². The van der Waals surface area contributed by atoms with Gasteiger partial charge in [-0.15, -0.1) is 0 Å². The summed E-state index contributed by atoms with van der Waals surface area (Å²) in [5.41, 5.74) is 0.760. The maximum Gasteiger partial charge on any atom is 0.303 e. The maximum absolute atomic E-state index is 15.7. The van der Waals surface area contributed by atoms with Crippen LogP contribution in [0.15, 0.2) is 36.5 Å². The van der Waals surface area contributed by atoms with Gasteiger partial charge in [-0.2, -0.15) is 0 Å². The number of aliphatic carboxylic acids is 1. The summed E-state index contributed by atoms with van der Waals surface area (Å²) in [5.74, 6) is -4.24. The van der Waals surface area contributed by atoms with Crippen LogP contribution >= 0.6 is 11.6 Å². The van der Waals surface area contributed by atoms with E-state index in [2.05, 4.69) is 9.88 Å². The minimum atomic E-state index is -1.47. The van der Waals surface area contributed by atoms with E-state index in [-0.39, 0.29) is 17.9 Å². The first-order valence-electron chi connectivity index (χ1n) is 12.9. The van der Waals surface area contributed by atoms with Crippen LogP contribution in [0.1, 0.15) is 55.8 Å². The van der Waals surface area contributed by atoms with Crippen LogP contribution in [0.25, 0.3) is 10.9 Å². The van der Waals surface area contributed by atoms with Crippen molar-refractivity contribution in [3.63, 3.8) is 0 Å². The molecular weight excluding hydrogens is 536 g/mol. The molecule has 1 aromatic heterocycles. The lowest BCUT2D eigenvalue weighted by Crippen LogP contribution is -2.41. The van der Waals surface area contributed by atoms with E-state index in [4.69, 9.17) is 16.3 Å². The van der Waals surface area contributed by atoms with Crippen LogP contribution in [-0.4, -0.2) is 47.7 Å². The lowest BCUT2D eigenvalue weighted by Gasteiger charge is -2.41. The molecule has 0 aliphatic carbocycles. The van der Waals surface area contributed by atoms with Crippen LogP contribution in [0.2, 0.25) is 5.02 Å². The number of fused-ring (bicyclic) bond motifs is 1. The predicted molar refractivity (Wildman–Crippen MR) is 141 cm³/mol. The van der Waals surface area contributed by atoms with E-state index in [9.17, 15) is 23.1 Å². The molecule has 0 amide bonds. The molecule has 1 fully saturated rings. The molecule has 1 atom stereocenters. The lowest BCUT2D eigenvalue weighted by molar-refractivity contribution is -0.141. The van der Waals surface area contributed by atoms with Crippen molar-refractivity contribution in [2.75, 3.05) is 26.7 Å². The molecule has 2 heterocycles. The van der Waals surface area contributed by atoms with Gasteiger partial charge in [-0.1, -0.05) is 11.6 Å². The molecule has 39 heavy (non-hydrogen) atoms. The summed E-state index contributed by atoms with van der Waals surface area (Å²) in [6.45, 7) is 1.91. The number of likely N-dealkylation sites (tertiary alicyclic amines) is 1. The van der Waals surface area contributed by atoms with Crippen molar-refractivity contribution >= 4 is 28.5 Å². The van der Waals surface area contributed by atoms with E-state index >= 15 is 4.39 Å². The fourth-order valence-corrected chi connectivity index (χ4v) is 5.81. The third-order valence-corrected chi connectivity index (χ3v) is 8.04. The number of hydrogen-bond acceptors (Lipinski definition) is 4. The highest BCUT2D eigenvalue weighted by Gasteiger charge is 2.37. The van der Waals surface area contributed by atoms with Crippen LogP contribution in [-0.2, 0) is 11.2 Å². The molecule has 0 spiro atoms. The summed E-state index contributed by atoms with van der Waals surface area (Å²) in [4.78, 5) is 18.2. The van der Waals surface area contributed by atoms with Crippen molar-refractivity contribution in [1.82, 2.24) is 9.88 Å². The highest BCUT2D eigenvalue weighted by Crippen LogP contribution is 2.44. The largest absolute Gasteiger partial charge is 0.497 e. The highest BCUT2D eigenvalue weighted by molar-refractivity contribution is 6.32. The summed E-state index contributed by atoms with van der Waals surface area (Å²) < 4.78 is 61.1. The summed E-state index contributed by atoms with van der Waals surface area (Å²) in [7, 11) is 1.52. The van der Waals surface area contributed by atoms with E-state index in [1.165, 1.54) is 13.3 Å². The van der Waals surface area contributed by atoms with Crippen molar-refractivity contribution in [2.24, 2.45) is 5.41 Å². The Kier molecular flexibility index (Phi) is 9.33. The molecule has 0 radical (unpaired) electrons. The number of hydrogen-bond donors (Lipinski definition) is 1. The minimum absolute atomic E-state index is 0.0552. The lowest BCUT2D eigenvalue weighted by atomic mass is 9.71. The third kappa shape index (κ3) is 7.00. The molecule has 10 heteroatoms. The van der Waals surface area contributed by atoms with E-state index in [1.807, 2.05) is 0 Å². The first kappa shape index (κ1) is 29.1. The number of carbonyl (C=O) groups is 1. The monoisotopic (exact) mass is 566 g/mol. The number of aromatic nitrogens is 1. The van der Waals surface area contributed by atoms with Crippen molar-refractivity contribution in [1.29, 1.82) is 0 Å². The Labute approximate surface area is 229 Å². The number of ether oxygens (including phenoxy) is 1. The Bertz CT molecular complexity index is 1310. The van der Waals surface area contributed by atoms with Crippen LogP contribution < -0.4 is 4.74 Å². The average molecular weight is 567 g/mol. The molecular formula is C29H31ClF4N2O3. The molecule has 1 aliphatic rings. The van der Waals surface area contributed by atoms with Gasteiger partial charge in [0.2, 0.25) is 0 Å². The molecule has 2 aromatic carbocycles. The molecule has 210 valence electrons. The van der Waals surface area contributed by atoms with E-state index < -0.39 is 35.0 Å². The number of benzene rings is 2. The molecule has 1 aliphatic heterocycles. The summed E-state index contributed by atoms with van der Waals surface area (Å²) >= 11 is 6.37. The Morgan fingerprint density at radius 1 is 1.18 bits per heavy atom.